The lowest BCUT2D eigenvalue weighted by molar-refractivity contribution is 0.0586. The minimum absolute atomic E-state index is 0.0143. The van der Waals surface area contributed by atoms with Crippen molar-refractivity contribution in [2.75, 3.05) is 31.6 Å². The Bertz CT molecular complexity index is 557. The van der Waals surface area contributed by atoms with Crippen LogP contribution < -0.4 is 10.1 Å². The van der Waals surface area contributed by atoms with Crippen LogP contribution in [0.3, 0.4) is 0 Å². The third kappa shape index (κ3) is 8.96. The molecule has 28 heavy (non-hydrogen) atoms. The molecule has 1 aliphatic heterocycles. The van der Waals surface area contributed by atoms with Crippen LogP contribution in [0.1, 0.15) is 71.6 Å². The Morgan fingerprint density at radius 3 is 2.57 bits per heavy atom. The lowest BCUT2D eigenvalue weighted by atomic mass is 10.1. The van der Waals surface area contributed by atoms with Gasteiger partial charge in [0.15, 0.2) is 0 Å². The number of carbonyl (C=O) groups excluding carboxylic acids is 1. The second kappa shape index (κ2) is 13.4. The van der Waals surface area contributed by atoms with Gasteiger partial charge in [0.1, 0.15) is 11.9 Å². The van der Waals surface area contributed by atoms with Gasteiger partial charge in [0, 0.05) is 24.8 Å². The van der Waals surface area contributed by atoms with E-state index < -0.39 is 0 Å². The summed E-state index contributed by atoms with van der Waals surface area (Å²) in [4.78, 5) is 14.7. The standard InChI is InChI=1S/C23H38N2O3/c1-3-5-7-8-9-18-27-22-12-10-11-20(19-22)24-23(26)28-21-13-16-25(17-14-21)15-6-4-2/h10-12,19,21H,3-9,13-18H2,1-2H3,(H,24,26). The van der Waals surface area contributed by atoms with Crippen molar-refractivity contribution in [2.24, 2.45) is 0 Å². The molecule has 5 nitrogen and oxygen atoms in total. The molecule has 0 spiro atoms. The van der Waals surface area contributed by atoms with Crippen LogP contribution in [0.4, 0.5) is 10.5 Å². The first-order chi connectivity index (χ1) is 13.7. The topological polar surface area (TPSA) is 50.8 Å². The summed E-state index contributed by atoms with van der Waals surface area (Å²) >= 11 is 0. The van der Waals surface area contributed by atoms with E-state index >= 15 is 0 Å². The molecular formula is C23H38N2O3. The number of hydrogen-bond acceptors (Lipinski definition) is 4. The van der Waals surface area contributed by atoms with Crippen molar-refractivity contribution in [3.63, 3.8) is 0 Å². The van der Waals surface area contributed by atoms with E-state index in [0.29, 0.717) is 12.3 Å². The number of nitrogens with one attached hydrogen (secondary N) is 1. The SMILES string of the molecule is CCCCCCCOc1cccc(NC(=O)OC2CCN(CCCC)CC2)c1. The summed E-state index contributed by atoms with van der Waals surface area (Å²) < 4.78 is 11.4. The molecule has 1 amide bonds. The van der Waals surface area contributed by atoms with Crippen LogP contribution in [0, 0.1) is 0 Å². The molecule has 0 atom stereocenters. The number of benzene rings is 1. The van der Waals surface area contributed by atoms with Crippen molar-refractivity contribution in [3.8, 4) is 5.75 Å². The number of rotatable bonds is 12. The van der Waals surface area contributed by atoms with Crippen molar-refractivity contribution in [1.82, 2.24) is 4.90 Å². The number of carbonyl (C=O) groups is 1. The van der Waals surface area contributed by atoms with Gasteiger partial charge >= 0.3 is 6.09 Å². The molecule has 1 aromatic carbocycles. The minimum Gasteiger partial charge on any atom is -0.494 e. The van der Waals surface area contributed by atoms with Crippen molar-refractivity contribution in [2.45, 2.75) is 77.7 Å². The third-order valence-electron chi connectivity index (χ3n) is 5.23. The highest BCUT2D eigenvalue weighted by atomic mass is 16.6. The minimum atomic E-state index is -0.372. The van der Waals surface area contributed by atoms with Crippen LogP contribution in [0.5, 0.6) is 5.75 Å². The van der Waals surface area contributed by atoms with Crippen LogP contribution in [0.15, 0.2) is 24.3 Å². The van der Waals surface area contributed by atoms with Gasteiger partial charge in [0.05, 0.1) is 6.61 Å². The maximum atomic E-state index is 12.2. The average molecular weight is 391 g/mol. The van der Waals surface area contributed by atoms with E-state index in [2.05, 4.69) is 24.1 Å². The van der Waals surface area contributed by atoms with Gasteiger partial charge in [-0.3, -0.25) is 5.32 Å². The molecule has 5 heteroatoms. The number of hydrogen-bond donors (Lipinski definition) is 1. The summed E-state index contributed by atoms with van der Waals surface area (Å²) in [7, 11) is 0. The first-order valence-corrected chi connectivity index (χ1v) is 11.1. The number of anilines is 1. The maximum absolute atomic E-state index is 12.2. The van der Waals surface area contributed by atoms with Gasteiger partial charge in [-0.1, -0.05) is 52.0 Å². The summed E-state index contributed by atoms with van der Waals surface area (Å²) in [5.74, 6) is 0.789. The Hall–Kier alpha value is -1.75. The quantitative estimate of drug-likeness (QED) is 0.455. The van der Waals surface area contributed by atoms with Crippen LogP contribution in [0.2, 0.25) is 0 Å². The number of ether oxygens (including phenoxy) is 2. The van der Waals surface area contributed by atoms with Crippen LogP contribution in [0.25, 0.3) is 0 Å². The fourth-order valence-corrected chi connectivity index (χ4v) is 3.49. The highest BCUT2D eigenvalue weighted by Crippen LogP contribution is 2.19. The molecule has 0 unspecified atom stereocenters. The largest absolute Gasteiger partial charge is 0.494 e. The van der Waals surface area contributed by atoms with Gasteiger partial charge in [0.2, 0.25) is 0 Å². The average Bonchev–Trinajstić information content (AvgIpc) is 2.70. The summed E-state index contributed by atoms with van der Waals surface area (Å²) in [6, 6.07) is 7.55. The van der Waals surface area contributed by atoms with Crippen molar-refractivity contribution >= 4 is 11.8 Å². The second-order valence-electron chi connectivity index (χ2n) is 7.72. The first-order valence-electron chi connectivity index (χ1n) is 11.1. The molecule has 1 heterocycles. The molecule has 0 radical (unpaired) electrons. The molecule has 1 aliphatic rings. The lowest BCUT2D eigenvalue weighted by Gasteiger charge is -2.31. The monoisotopic (exact) mass is 390 g/mol. The first kappa shape index (κ1) is 22.5. The van der Waals surface area contributed by atoms with Crippen LogP contribution in [-0.2, 0) is 4.74 Å². The highest BCUT2D eigenvalue weighted by Gasteiger charge is 2.22. The van der Waals surface area contributed by atoms with Gasteiger partial charge < -0.3 is 14.4 Å². The predicted octanol–water partition coefficient (Wildman–Crippen LogP) is 5.85. The van der Waals surface area contributed by atoms with Gasteiger partial charge in [-0.15, -0.1) is 0 Å². The van der Waals surface area contributed by atoms with E-state index in [0.717, 1.165) is 44.6 Å². The molecule has 0 bridgehead atoms. The lowest BCUT2D eigenvalue weighted by Crippen LogP contribution is -2.38. The zero-order valence-corrected chi connectivity index (χ0v) is 17.8. The summed E-state index contributed by atoms with van der Waals surface area (Å²) in [6.07, 6.45) is 10.0. The summed E-state index contributed by atoms with van der Waals surface area (Å²) in [5.41, 5.74) is 0.717. The zero-order valence-electron chi connectivity index (χ0n) is 17.8. The Labute approximate surface area is 170 Å². The number of nitrogens with zero attached hydrogens (tertiary/aromatic N) is 1. The molecule has 1 N–H and O–H groups in total. The van der Waals surface area contributed by atoms with E-state index in [9.17, 15) is 4.79 Å². The molecule has 2 rings (SSSR count). The number of unbranched alkanes of at least 4 members (excludes halogenated alkanes) is 5. The third-order valence-corrected chi connectivity index (χ3v) is 5.23. The molecule has 1 fully saturated rings. The Balaban J connectivity index is 1.66. The van der Waals surface area contributed by atoms with E-state index in [-0.39, 0.29) is 12.2 Å². The van der Waals surface area contributed by atoms with E-state index in [1.54, 1.807) is 0 Å². The van der Waals surface area contributed by atoms with Crippen molar-refractivity contribution < 1.29 is 14.3 Å². The number of piperidine rings is 1. The van der Waals surface area contributed by atoms with E-state index in [4.69, 9.17) is 9.47 Å². The van der Waals surface area contributed by atoms with Gasteiger partial charge in [0.25, 0.3) is 0 Å². The molecular weight excluding hydrogens is 352 g/mol. The van der Waals surface area contributed by atoms with Gasteiger partial charge in [-0.25, -0.2) is 4.79 Å². The van der Waals surface area contributed by atoms with E-state index in [1.165, 1.54) is 38.5 Å². The maximum Gasteiger partial charge on any atom is 0.411 e. The predicted molar refractivity (Wildman–Crippen MR) is 115 cm³/mol. The normalized spacial score (nSPS) is 15.4. The number of amides is 1. The number of likely N-dealkylation sites (tertiary alicyclic amines) is 1. The molecule has 158 valence electrons. The van der Waals surface area contributed by atoms with Crippen LogP contribution >= 0.6 is 0 Å². The molecule has 0 aliphatic carbocycles. The summed E-state index contributed by atoms with van der Waals surface area (Å²) in [5, 5.41) is 2.84. The Morgan fingerprint density at radius 2 is 1.82 bits per heavy atom. The molecule has 1 aromatic rings. The van der Waals surface area contributed by atoms with Gasteiger partial charge in [-0.2, -0.15) is 0 Å². The molecule has 1 saturated heterocycles. The second-order valence-corrected chi connectivity index (χ2v) is 7.72. The molecule has 0 aromatic heterocycles. The summed E-state index contributed by atoms with van der Waals surface area (Å²) in [6.45, 7) is 8.33. The fourth-order valence-electron chi connectivity index (χ4n) is 3.49. The van der Waals surface area contributed by atoms with Crippen molar-refractivity contribution in [3.05, 3.63) is 24.3 Å². The van der Waals surface area contributed by atoms with Crippen molar-refractivity contribution in [1.29, 1.82) is 0 Å². The Kier molecular flexibility index (Phi) is 10.8. The Morgan fingerprint density at radius 1 is 1.07 bits per heavy atom. The van der Waals surface area contributed by atoms with Crippen LogP contribution in [-0.4, -0.2) is 43.3 Å². The zero-order chi connectivity index (χ0) is 20.0. The fraction of sp³-hybridized carbons (Fsp3) is 0.696. The highest BCUT2D eigenvalue weighted by molar-refractivity contribution is 5.84. The molecule has 0 saturated carbocycles. The smallest absolute Gasteiger partial charge is 0.411 e. The van der Waals surface area contributed by atoms with Gasteiger partial charge in [-0.05, 0) is 44.4 Å². The van der Waals surface area contributed by atoms with E-state index in [1.807, 2.05) is 24.3 Å².